The molecule has 2 aliphatic heterocycles. The molecule has 0 radical (unpaired) electrons. The summed E-state index contributed by atoms with van der Waals surface area (Å²) in [5.41, 5.74) is 7.97. The number of nitrogens with zero attached hydrogens (tertiary/aromatic N) is 1. The van der Waals surface area contributed by atoms with Crippen molar-refractivity contribution < 1.29 is 39.5 Å². The number of anilines is 2. The van der Waals surface area contributed by atoms with Gasteiger partial charge in [0.1, 0.15) is 18.3 Å². The summed E-state index contributed by atoms with van der Waals surface area (Å²) in [6.07, 6.45) is -9.14. The van der Waals surface area contributed by atoms with E-state index < -0.39 is 48.8 Å². The molecule has 2 aromatic carbocycles. The van der Waals surface area contributed by atoms with Gasteiger partial charge in [0.05, 0.1) is 17.5 Å². The molecule has 4 rings (SSSR count). The van der Waals surface area contributed by atoms with E-state index in [0.717, 1.165) is 5.56 Å². The van der Waals surface area contributed by atoms with Crippen molar-refractivity contribution >= 4 is 23.4 Å². The smallest absolute Gasteiger partial charge is 0.335 e. The van der Waals surface area contributed by atoms with E-state index in [2.05, 4.69) is 0 Å². The molecule has 0 saturated carbocycles. The van der Waals surface area contributed by atoms with Gasteiger partial charge in [0.15, 0.2) is 12.4 Å². The monoisotopic (exact) mass is 430 g/mol. The highest BCUT2D eigenvalue weighted by molar-refractivity contribution is 6.00. The molecule has 10 heteroatoms. The van der Waals surface area contributed by atoms with Crippen molar-refractivity contribution in [2.75, 3.05) is 4.90 Å². The van der Waals surface area contributed by atoms with E-state index in [1.807, 2.05) is 0 Å². The molecule has 164 valence electrons. The van der Waals surface area contributed by atoms with Crippen LogP contribution in [-0.2, 0) is 20.7 Å². The molecule has 1 saturated heterocycles. The predicted octanol–water partition coefficient (Wildman–Crippen LogP) is 0.409. The number of rotatable bonds is 3. The number of hydrogen-bond donors (Lipinski definition) is 5. The zero-order chi connectivity index (χ0) is 22.3. The van der Waals surface area contributed by atoms with Gasteiger partial charge in [0.2, 0.25) is 0 Å². The molecule has 1 fully saturated rings. The summed E-state index contributed by atoms with van der Waals surface area (Å²) in [4.78, 5) is 25.0. The van der Waals surface area contributed by atoms with Crippen molar-refractivity contribution in [2.24, 2.45) is 5.73 Å². The summed E-state index contributed by atoms with van der Waals surface area (Å²) < 4.78 is 11.2. The van der Waals surface area contributed by atoms with Crippen LogP contribution in [-0.4, -0.2) is 63.1 Å². The number of nitrogens with two attached hydrogens (primary N) is 1. The average molecular weight is 430 g/mol. The molecule has 6 atom stereocenters. The van der Waals surface area contributed by atoms with Crippen molar-refractivity contribution in [3.63, 3.8) is 0 Å². The summed E-state index contributed by atoms with van der Waals surface area (Å²) in [5.74, 6) is -1.50. The van der Waals surface area contributed by atoms with E-state index in [1.165, 1.54) is 4.90 Å². The number of aliphatic hydroxyl groups excluding tert-OH is 3. The largest absolute Gasteiger partial charge is 0.479 e. The lowest BCUT2D eigenvalue weighted by Crippen LogP contribution is -2.60. The second-order valence-corrected chi connectivity index (χ2v) is 7.43. The molecular formula is C21H22N2O8. The van der Waals surface area contributed by atoms with Gasteiger partial charge in [-0.2, -0.15) is 0 Å². The van der Waals surface area contributed by atoms with Crippen LogP contribution in [0.15, 0.2) is 48.5 Å². The number of carboxylic acids is 1. The van der Waals surface area contributed by atoms with Crippen LogP contribution in [0.2, 0.25) is 0 Å². The highest BCUT2D eigenvalue weighted by atomic mass is 16.7. The minimum atomic E-state index is -1.82. The Bertz CT molecular complexity index is 999. The number of primary amides is 1. The summed E-state index contributed by atoms with van der Waals surface area (Å²) in [7, 11) is 0. The van der Waals surface area contributed by atoms with Crippen molar-refractivity contribution in [3.05, 3.63) is 59.7 Å². The lowest BCUT2D eigenvalue weighted by molar-refractivity contribution is -0.305. The third kappa shape index (κ3) is 3.75. The second-order valence-electron chi connectivity index (χ2n) is 7.43. The van der Waals surface area contributed by atoms with Gasteiger partial charge < -0.3 is 35.6 Å². The molecule has 2 amide bonds. The van der Waals surface area contributed by atoms with Gasteiger partial charge in [-0.05, 0) is 17.7 Å². The first-order valence-electron chi connectivity index (χ1n) is 9.64. The van der Waals surface area contributed by atoms with Gasteiger partial charge in [-0.25, -0.2) is 9.59 Å². The molecule has 31 heavy (non-hydrogen) atoms. The SMILES string of the molecule is NC(=O)N1c2ccccc2C[C@H](OC2O[C@@H](C(=O)O)[C@H](O)[C@@H](O)[C@@H]2O)c2ccccc21. The standard InChI is InChI=1S/C21H22N2O8/c22-21(29)23-12-7-3-1-5-10(12)9-14(11-6-2-4-8-13(11)23)30-20-17(26)15(24)16(25)18(31-20)19(27)28/h1-8,14-18,20,24-26H,9H2,(H2,22,29)(H,27,28)/t14-,15+,16+,17-,18+,20?/m0/s1. The number of carbonyl (C=O) groups excluding carboxylic acids is 1. The normalized spacial score (nSPS) is 30.1. The van der Waals surface area contributed by atoms with Crippen LogP contribution in [0.25, 0.3) is 0 Å². The molecule has 0 aliphatic carbocycles. The molecule has 6 N–H and O–H groups in total. The molecule has 2 aromatic rings. The van der Waals surface area contributed by atoms with Crippen molar-refractivity contribution in [1.82, 2.24) is 0 Å². The number of aliphatic carboxylic acids is 1. The Hall–Kier alpha value is -3.02. The van der Waals surface area contributed by atoms with Crippen LogP contribution in [0, 0.1) is 0 Å². The van der Waals surface area contributed by atoms with E-state index in [4.69, 9.17) is 15.2 Å². The number of ether oxygens (including phenoxy) is 2. The number of hydrogen-bond acceptors (Lipinski definition) is 7. The first-order chi connectivity index (χ1) is 14.8. The summed E-state index contributed by atoms with van der Waals surface area (Å²) in [6.45, 7) is 0. The van der Waals surface area contributed by atoms with Crippen LogP contribution in [0.3, 0.4) is 0 Å². The highest BCUT2D eigenvalue weighted by Gasteiger charge is 2.48. The Morgan fingerprint density at radius 2 is 1.61 bits per heavy atom. The Labute approximate surface area is 177 Å². The molecular weight excluding hydrogens is 408 g/mol. The number of carbonyl (C=O) groups is 2. The maximum atomic E-state index is 12.3. The quantitative estimate of drug-likeness (QED) is 0.467. The minimum absolute atomic E-state index is 0.250. The maximum Gasteiger partial charge on any atom is 0.335 e. The highest BCUT2D eigenvalue weighted by Crippen LogP contribution is 2.42. The number of aliphatic hydroxyl groups is 3. The van der Waals surface area contributed by atoms with Gasteiger partial charge in [-0.3, -0.25) is 4.90 Å². The number of benzene rings is 2. The Morgan fingerprint density at radius 3 is 2.29 bits per heavy atom. The number of amides is 2. The number of para-hydroxylation sites is 2. The van der Waals surface area contributed by atoms with Crippen LogP contribution < -0.4 is 10.6 Å². The first-order valence-corrected chi connectivity index (χ1v) is 9.64. The van der Waals surface area contributed by atoms with Crippen molar-refractivity contribution in [2.45, 2.75) is 43.2 Å². The van der Waals surface area contributed by atoms with Gasteiger partial charge >= 0.3 is 12.0 Å². The van der Waals surface area contributed by atoms with Gasteiger partial charge in [-0.1, -0.05) is 36.4 Å². The van der Waals surface area contributed by atoms with E-state index in [0.29, 0.717) is 16.9 Å². The van der Waals surface area contributed by atoms with E-state index in [1.54, 1.807) is 48.5 Å². The average Bonchev–Trinajstić information content (AvgIpc) is 2.88. The topological polar surface area (TPSA) is 163 Å². The lowest BCUT2D eigenvalue weighted by Gasteiger charge is -2.39. The molecule has 2 heterocycles. The third-order valence-electron chi connectivity index (χ3n) is 5.49. The summed E-state index contributed by atoms with van der Waals surface area (Å²) in [5, 5.41) is 39.6. The van der Waals surface area contributed by atoms with E-state index in [-0.39, 0.29) is 6.42 Å². The van der Waals surface area contributed by atoms with E-state index in [9.17, 15) is 30.0 Å². The fourth-order valence-corrected chi connectivity index (χ4v) is 3.99. The first kappa shape index (κ1) is 21.2. The molecule has 0 bridgehead atoms. The van der Waals surface area contributed by atoms with Crippen LogP contribution in [0.4, 0.5) is 16.2 Å². The zero-order valence-corrected chi connectivity index (χ0v) is 16.2. The van der Waals surface area contributed by atoms with Crippen LogP contribution >= 0.6 is 0 Å². The Morgan fingerprint density at radius 1 is 0.968 bits per heavy atom. The number of carboxylic acid groups (broad SMARTS) is 1. The van der Waals surface area contributed by atoms with Crippen LogP contribution in [0.1, 0.15) is 17.2 Å². The van der Waals surface area contributed by atoms with Gasteiger partial charge in [0.25, 0.3) is 0 Å². The summed E-state index contributed by atoms with van der Waals surface area (Å²) in [6, 6.07) is 13.3. The van der Waals surface area contributed by atoms with Crippen LogP contribution in [0.5, 0.6) is 0 Å². The molecule has 0 aromatic heterocycles. The van der Waals surface area contributed by atoms with Crippen molar-refractivity contribution in [1.29, 1.82) is 0 Å². The van der Waals surface area contributed by atoms with Gasteiger partial charge in [-0.15, -0.1) is 0 Å². The van der Waals surface area contributed by atoms with Gasteiger partial charge in [0, 0.05) is 12.0 Å². The zero-order valence-electron chi connectivity index (χ0n) is 16.2. The number of urea groups is 1. The molecule has 2 aliphatic rings. The second kappa shape index (κ2) is 8.25. The van der Waals surface area contributed by atoms with E-state index >= 15 is 0 Å². The Balaban J connectivity index is 1.74. The molecule has 0 spiro atoms. The molecule has 10 nitrogen and oxygen atoms in total. The number of fused-ring (bicyclic) bond motifs is 2. The fourth-order valence-electron chi connectivity index (χ4n) is 3.99. The third-order valence-corrected chi connectivity index (χ3v) is 5.49. The minimum Gasteiger partial charge on any atom is -0.479 e. The lowest BCUT2D eigenvalue weighted by atomic mass is 9.98. The Kier molecular flexibility index (Phi) is 5.65. The van der Waals surface area contributed by atoms with Crippen molar-refractivity contribution in [3.8, 4) is 0 Å². The maximum absolute atomic E-state index is 12.3. The summed E-state index contributed by atoms with van der Waals surface area (Å²) >= 11 is 0. The predicted molar refractivity (Wildman–Crippen MR) is 106 cm³/mol. The molecule has 1 unspecified atom stereocenters. The fraction of sp³-hybridized carbons (Fsp3) is 0.333.